The van der Waals surface area contributed by atoms with E-state index in [0.29, 0.717) is 0 Å². The van der Waals surface area contributed by atoms with Gasteiger partial charge >= 0.3 is 0 Å². The van der Waals surface area contributed by atoms with Crippen molar-refractivity contribution in [3.8, 4) is 5.69 Å². The van der Waals surface area contributed by atoms with Crippen LogP contribution in [0.3, 0.4) is 0 Å². The predicted molar refractivity (Wildman–Crippen MR) is 87.9 cm³/mol. The number of halogens is 2. The highest BCUT2D eigenvalue weighted by molar-refractivity contribution is 14.1. The number of anilines is 1. The molecular weight excluding hydrogens is 373 g/mol. The molecule has 0 radical (unpaired) electrons. The van der Waals surface area contributed by atoms with Gasteiger partial charge in [0.15, 0.2) is 0 Å². The second-order valence-electron chi connectivity index (χ2n) is 4.34. The molecule has 5 heteroatoms. The fourth-order valence-corrected chi connectivity index (χ4v) is 3.30. The van der Waals surface area contributed by atoms with E-state index in [-0.39, 0.29) is 0 Å². The molecule has 0 atom stereocenters. The molecule has 0 aliphatic carbocycles. The summed E-state index contributed by atoms with van der Waals surface area (Å²) in [6.07, 6.45) is 0. The summed E-state index contributed by atoms with van der Waals surface area (Å²) in [6.45, 7) is 1.99. The molecule has 0 bridgehead atoms. The lowest BCUT2D eigenvalue weighted by Crippen LogP contribution is -1.99. The van der Waals surface area contributed by atoms with Crippen LogP contribution >= 0.6 is 34.2 Å². The lowest BCUT2D eigenvalue weighted by Gasteiger charge is -2.09. The third kappa shape index (κ3) is 2.19. The number of aromatic nitrogens is 2. The normalized spacial score (nSPS) is 11.1. The van der Waals surface area contributed by atoms with Crippen LogP contribution in [-0.4, -0.2) is 9.55 Å². The maximum absolute atomic E-state index is 6.01. The van der Waals surface area contributed by atoms with Gasteiger partial charge in [0.05, 0.1) is 16.7 Å². The van der Waals surface area contributed by atoms with E-state index in [4.69, 9.17) is 17.3 Å². The number of rotatable bonds is 1. The van der Waals surface area contributed by atoms with E-state index < -0.39 is 0 Å². The van der Waals surface area contributed by atoms with Gasteiger partial charge in [0.1, 0.15) is 5.82 Å². The van der Waals surface area contributed by atoms with E-state index in [1.54, 1.807) is 0 Å². The maximum atomic E-state index is 6.01. The second-order valence-corrected chi connectivity index (χ2v) is 5.94. The molecule has 2 N–H and O–H groups in total. The van der Waals surface area contributed by atoms with Crippen LogP contribution < -0.4 is 5.73 Å². The molecule has 19 heavy (non-hydrogen) atoms. The monoisotopic (exact) mass is 383 g/mol. The maximum Gasteiger partial charge on any atom is 0.111 e. The first-order valence-corrected chi connectivity index (χ1v) is 7.22. The predicted octanol–water partition coefficient (Wildman–Crippen LogP) is 4.17. The van der Waals surface area contributed by atoms with Crippen molar-refractivity contribution in [2.75, 3.05) is 5.73 Å². The molecule has 0 aliphatic heterocycles. The summed E-state index contributed by atoms with van der Waals surface area (Å²) in [7, 11) is 0. The Morgan fingerprint density at radius 3 is 2.74 bits per heavy atom. The van der Waals surface area contributed by atoms with Crippen LogP contribution in [0.25, 0.3) is 16.7 Å². The molecule has 0 aliphatic rings. The van der Waals surface area contributed by atoms with Crippen molar-refractivity contribution < 1.29 is 0 Å². The van der Waals surface area contributed by atoms with E-state index >= 15 is 0 Å². The number of fused-ring (bicyclic) bond motifs is 1. The highest BCUT2D eigenvalue weighted by Crippen LogP contribution is 2.27. The van der Waals surface area contributed by atoms with Crippen LogP contribution in [0, 0.1) is 10.5 Å². The van der Waals surface area contributed by atoms with Crippen molar-refractivity contribution in [3.05, 3.63) is 50.8 Å². The third-order valence-electron chi connectivity index (χ3n) is 3.00. The van der Waals surface area contributed by atoms with Crippen LogP contribution in [0.1, 0.15) is 5.82 Å². The fourth-order valence-electron chi connectivity index (χ4n) is 2.18. The summed E-state index contributed by atoms with van der Waals surface area (Å²) in [6, 6.07) is 11.6. The molecule has 3 nitrogen and oxygen atoms in total. The zero-order chi connectivity index (χ0) is 13.6. The quantitative estimate of drug-likeness (QED) is 0.506. The number of hydrogen-bond acceptors (Lipinski definition) is 2. The van der Waals surface area contributed by atoms with Gasteiger partial charge in [0.2, 0.25) is 0 Å². The zero-order valence-electron chi connectivity index (χ0n) is 10.2. The average Bonchev–Trinajstić information content (AvgIpc) is 2.65. The van der Waals surface area contributed by atoms with Gasteiger partial charge in [-0.05, 0) is 65.9 Å². The zero-order valence-corrected chi connectivity index (χ0v) is 13.1. The molecule has 3 rings (SSSR count). The summed E-state index contributed by atoms with van der Waals surface area (Å²) in [5.74, 6) is 0.931. The number of benzene rings is 2. The Morgan fingerprint density at radius 1 is 1.21 bits per heavy atom. The van der Waals surface area contributed by atoms with Gasteiger partial charge in [-0.1, -0.05) is 11.6 Å². The smallest absolute Gasteiger partial charge is 0.111 e. The van der Waals surface area contributed by atoms with Crippen molar-refractivity contribution in [2.24, 2.45) is 0 Å². The van der Waals surface area contributed by atoms with Gasteiger partial charge in [-0.3, -0.25) is 4.57 Å². The van der Waals surface area contributed by atoms with Crippen molar-refractivity contribution >= 4 is 50.9 Å². The molecule has 0 spiro atoms. The van der Waals surface area contributed by atoms with Crippen LogP contribution in [-0.2, 0) is 0 Å². The van der Waals surface area contributed by atoms with E-state index in [0.717, 1.165) is 36.8 Å². The highest BCUT2D eigenvalue weighted by atomic mass is 127. The van der Waals surface area contributed by atoms with Crippen LogP contribution in [0.4, 0.5) is 5.69 Å². The van der Waals surface area contributed by atoms with Crippen LogP contribution in [0.5, 0.6) is 0 Å². The van der Waals surface area contributed by atoms with E-state index in [9.17, 15) is 0 Å². The lowest BCUT2D eigenvalue weighted by molar-refractivity contribution is 0.995. The first-order valence-electron chi connectivity index (χ1n) is 5.76. The number of nitrogens with two attached hydrogens (primary N) is 1. The van der Waals surface area contributed by atoms with Gasteiger partial charge < -0.3 is 5.73 Å². The number of aryl methyl sites for hydroxylation is 1. The molecule has 0 saturated heterocycles. The molecule has 0 amide bonds. The van der Waals surface area contributed by atoms with Crippen molar-refractivity contribution in [1.82, 2.24) is 9.55 Å². The van der Waals surface area contributed by atoms with Crippen LogP contribution in [0.15, 0.2) is 36.4 Å². The van der Waals surface area contributed by atoms with Crippen molar-refractivity contribution in [3.63, 3.8) is 0 Å². The van der Waals surface area contributed by atoms with Gasteiger partial charge in [-0.2, -0.15) is 0 Å². The lowest BCUT2D eigenvalue weighted by atomic mass is 10.2. The Hall–Kier alpha value is -1.27. The van der Waals surface area contributed by atoms with Crippen LogP contribution in [0.2, 0.25) is 5.02 Å². The molecule has 0 fully saturated rings. The van der Waals surface area contributed by atoms with E-state index in [2.05, 4.69) is 32.1 Å². The first kappa shape index (κ1) is 12.7. The SMILES string of the molecule is Cc1nc2cc(N)ccc2n1-c1ccc(Cl)cc1I. The highest BCUT2D eigenvalue weighted by Gasteiger charge is 2.12. The summed E-state index contributed by atoms with van der Waals surface area (Å²) in [5, 5.41) is 0.736. The largest absolute Gasteiger partial charge is 0.399 e. The Morgan fingerprint density at radius 2 is 2.00 bits per heavy atom. The second kappa shape index (κ2) is 4.68. The molecule has 0 saturated carbocycles. The van der Waals surface area contributed by atoms with E-state index in [1.165, 1.54) is 0 Å². The molecule has 0 unspecified atom stereocenters. The Kier molecular flexibility index (Phi) is 3.14. The minimum absolute atomic E-state index is 0.725. The van der Waals surface area contributed by atoms with Gasteiger partial charge in [-0.25, -0.2) is 4.98 Å². The summed E-state index contributed by atoms with van der Waals surface area (Å²) < 4.78 is 3.21. The summed E-state index contributed by atoms with van der Waals surface area (Å²) >= 11 is 8.30. The number of nitrogen functional groups attached to an aromatic ring is 1. The van der Waals surface area contributed by atoms with Gasteiger partial charge in [0.25, 0.3) is 0 Å². The first-order chi connectivity index (χ1) is 9.06. The van der Waals surface area contributed by atoms with Crippen molar-refractivity contribution in [1.29, 1.82) is 0 Å². The Balaban J connectivity index is 2.33. The Labute approximate surface area is 129 Å². The number of nitrogens with zero attached hydrogens (tertiary/aromatic N) is 2. The molecule has 1 aromatic heterocycles. The topological polar surface area (TPSA) is 43.8 Å². The molecule has 1 heterocycles. The fraction of sp³-hybridized carbons (Fsp3) is 0.0714. The molecule has 3 aromatic rings. The van der Waals surface area contributed by atoms with Gasteiger partial charge in [0, 0.05) is 14.3 Å². The van der Waals surface area contributed by atoms with E-state index in [1.807, 2.05) is 43.3 Å². The Bertz CT molecular complexity index is 780. The molecule has 2 aromatic carbocycles. The summed E-state index contributed by atoms with van der Waals surface area (Å²) in [4.78, 5) is 4.56. The van der Waals surface area contributed by atoms with Gasteiger partial charge in [-0.15, -0.1) is 0 Å². The summed E-state index contributed by atoms with van der Waals surface area (Å²) in [5.41, 5.74) is 9.56. The molecular formula is C14H11ClIN3. The number of hydrogen-bond donors (Lipinski definition) is 1. The van der Waals surface area contributed by atoms with Crippen molar-refractivity contribution in [2.45, 2.75) is 6.92 Å². The molecule has 96 valence electrons. The minimum atomic E-state index is 0.725. The average molecular weight is 384 g/mol. The third-order valence-corrected chi connectivity index (χ3v) is 4.10. The minimum Gasteiger partial charge on any atom is -0.399 e. The standard InChI is InChI=1S/C14H11ClIN3/c1-8-18-12-7-10(17)3-5-14(12)19(8)13-4-2-9(15)6-11(13)16/h2-7H,17H2,1H3. The number of imidazole rings is 1.